The molecule has 3 aromatic carbocycles. The predicted octanol–water partition coefficient (Wildman–Crippen LogP) is 6.81. The van der Waals surface area contributed by atoms with E-state index in [1.807, 2.05) is 42.5 Å². The average molecular weight is 634 g/mol. The Balaban J connectivity index is 1.48. The molecular weight excluding hydrogens is 614 g/mol. The third kappa shape index (κ3) is 5.57. The second kappa shape index (κ2) is 10.7. The zero-order chi connectivity index (χ0) is 23.4. The first-order valence-corrected chi connectivity index (χ1v) is 12.5. The van der Waals surface area contributed by atoms with Crippen molar-refractivity contribution in [1.29, 1.82) is 0 Å². The van der Waals surface area contributed by atoms with Crippen molar-refractivity contribution in [3.63, 3.8) is 0 Å². The molecule has 33 heavy (non-hydrogen) atoms. The van der Waals surface area contributed by atoms with E-state index in [0.717, 1.165) is 42.1 Å². The number of carbonyl (C=O) groups excluding carboxylic acids is 1. The van der Waals surface area contributed by atoms with Crippen LogP contribution in [-0.4, -0.2) is 23.3 Å². The van der Waals surface area contributed by atoms with Crippen molar-refractivity contribution >= 4 is 70.8 Å². The Morgan fingerprint density at radius 3 is 2.42 bits per heavy atom. The molecule has 1 amide bonds. The van der Waals surface area contributed by atoms with Crippen LogP contribution in [0.15, 0.2) is 85.2 Å². The molecule has 0 unspecified atom stereocenters. The van der Waals surface area contributed by atoms with Gasteiger partial charge in [-0.05, 0) is 62.5 Å². The fourth-order valence-corrected chi connectivity index (χ4v) is 6.08. The fourth-order valence-electron chi connectivity index (χ4n) is 3.60. The molecule has 1 aromatic heterocycles. The minimum Gasteiger partial charge on any atom is -0.481 e. The summed E-state index contributed by atoms with van der Waals surface area (Å²) in [6.45, 7) is 2.67. The second-order valence-electron chi connectivity index (χ2n) is 7.37. The molecule has 0 aliphatic rings. The maximum absolute atomic E-state index is 12.3. The van der Waals surface area contributed by atoms with Crippen molar-refractivity contribution < 1.29 is 9.53 Å². The van der Waals surface area contributed by atoms with E-state index in [2.05, 4.69) is 94.1 Å². The molecule has 0 saturated carbocycles. The molecule has 0 aliphatic heterocycles. The molecule has 1 N–H and O–H groups in total. The van der Waals surface area contributed by atoms with Crippen molar-refractivity contribution in [3.8, 4) is 5.75 Å². The minimum absolute atomic E-state index is 0.162. The van der Waals surface area contributed by atoms with Gasteiger partial charge in [-0.15, -0.1) is 0 Å². The molecule has 5 nitrogen and oxygen atoms in total. The van der Waals surface area contributed by atoms with Gasteiger partial charge in [-0.2, -0.15) is 5.10 Å². The number of halogens is 3. The van der Waals surface area contributed by atoms with Crippen LogP contribution in [0.2, 0.25) is 0 Å². The minimum atomic E-state index is -0.348. The van der Waals surface area contributed by atoms with E-state index in [9.17, 15) is 4.79 Å². The maximum atomic E-state index is 12.3. The lowest BCUT2D eigenvalue weighted by Gasteiger charge is -2.10. The van der Waals surface area contributed by atoms with Crippen molar-refractivity contribution in [3.05, 3.63) is 97.0 Å². The van der Waals surface area contributed by atoms with Crippen LogP contribution in [-0.2, 0) is 11.3 Å². The molecule has 168 valence electrons. The summed E-state index contributed by atoms with van der Waals surface area (Å²) in [5, 5.41) is 5.28. The number of para-hydroxylation sites is 1. The van der Waals surface area contributed by atoms with Gasteiger partial charge < -0.3 is 9.30 Å². The van der Waals surface area contributed by atoms with Gasteiger partial charge in [0.1, 0.15) is 5.75 Å². The molecule has 8 heteroatoms. The molecule has 4 rings (SSSR count). The monoisotopic (exact) mass is 631 g/mol. The first kappa shape index (κ1) is 23.7. The first-order chi connectivity index (χ1) is 15.9. The highest BCUT2D eigenvalue weighted by atomic mass is 79.9. The SMILES string of the molecule is Cc1c(/C=N/NC(=O)COc2c(Br)cc(Br)cc2Br)c2ccccc2n1Cc1ccccc1. The number of nitrogens with one attached hydrogen (secondary N) is 1. The van der Waals surface area contributed by atoms with Crippen LogP contribution in [0.5, 0.6) is 5.75 Å². The lowest BCUT2D eigenvalue weighted by atomic mass is 10.1. The summed E-state index contributed by atoms with van der Waals surface area (Å²) in [5.41, 5.74) is 6.96. The van der Waals surface area contributed by atoms with Crippen molar-refractivity contribution in [2.75, 3.05) is 6.61 Å². The van der Waals surface area contributed by atoms with Crippen molar-refractivity contribution in [2.45, 2.75) is 13.5 Å². The number of hydrogen-bond donors (Lipinski definition) is 1. The van der Waals surface area contributed by atoms with E-state index in [1.54, 1.807) is 6.21 Å². The summed E-state index contributed by atoms with van der Waals surface area (Å²) in [7, 11) is 0. The van der Waals surface area contributed by atoms with Crippen LogP contribution in [0.1, 0.15) is 16.8 Å². The number of aromatic nitrogens is 1. The zero-order valence-corrected chi connectivity index (χ0v) is 22.4. The first-order valence-electron chi connectivity index (χ1n) is 10.1. The Morgan fingerprint density at radius 1 is 1.03 bits per heavy atom. The topological polar surface area (TPSA) is 55.6 Å². The van der Waals surface area contributed by atoms with E-state index in [4.69, 9.17) is 4.74 Å². The lowest BCUT2D eigenvalue weighted by Crippen LogP contribution is -2.24. The Morgan fingerprint density at radius 2 is 1.70 bits per heavy atom. The van der Waals surface area contributed by atoms with E-state index in [0.29, 0.717) is 5.75 Å². The quantitative estimate of drug-likeness (QED) is 0.180. The Labute approximate surface area is 217 Å². The van der Waals surface area contributed by atoms with Crippen LogP contribution >= 0.6 is 47.8 Å². The van der Waals surface area contributed by atoms with Crippen LogP contribution in [0.3, 0.4) is 0 Å². The lowest BCUT2D eigenvalue weighted by molar-refractivity contribution is -0.123. The molecule has 0 spiro atoms. The summed E-state index contributed by atoms with van der Waals surface area (Å²) < 4.78 is 10.3. The number of hydrazone groups is 1. The van der Waals surface area contributed by atoms with E-state index >= 15 is 0 Å². The van der Waals surface area contributed by atoms with Gasteiger partial charge >= 0.3 is 0 Å². The number of fused-ring (bicyclic) bond motifs is 1. The molecule has 0 atom stereocenters. The van der Waals surface area contributed by atoms with E-state index < -0.39 is 0 Å². The summed E-state index contributed by atoms with van der Waals surface area (Å²) in [6.07, 6.45) is 1.70. The number of ether oxygens (including phenoxy) is 1. The normalized spacial score (nSPS) is 11.3. The standard InChI is InChI=1S/C25H20Br3N3O2/c1-16-20(13-29-30-24(32)15-33-25-21(27)11-18(26)12-22(25)28)19-9-5-6-10-23(19)31(16)14-17-7-3-2-4-8-17/h2-13H,14-15H2,1H3,(H,30,32)/b29-13+. The van der Waals surface area contributed by atoms with Gasteiger partial charge in [0.15, 0.2) is 6.61 Å². The van der Waals surface area contributed by atoms with Gasteiger partial charge in [0.05, 0.1) is 15.2 Å². The molecule has 1 heterocycles. The molecule has 0 radical (unpaired) electrons. The second-order valence-corrected chi connectivity index (χ2v) is 9.99. The van der Waals surface area contributed by atoms with Crippen molar-refractivity contribution in [2.24, 2.45) is 5.10 Å². The molecule has 4 aromatic rings. The molecule has 0 saturated heterocycles. The predicted molar refractivity (Wildman–Crippen MR) is 143 cm³/mol. The summed E-state index contributed by atoms with van der Waals surface area (Å²) in [5.74, 6) is 0.204. The molecule has 0 aliphatic carbocycles. The van der Waals surface area contributed by atoms with Crippen molar-refractivity contribution in [1.82, 2.24) is 9.99 Å². The number of rotatable bonds is 7. The molecule has 0 fully saturated rings. The highest BCUT2D eigenvalue weighted by molar-refractivity contribution is 9.11. The Kier molecular flexibility index (Phi) is 7.67. The van der Waals surface area contributed by atoms with Gasteiger partial charge in [0, 0.05) is 33.2 Å². The molecular formula is C25H20Br3N3O2. The smallest absolute Gasteiger partial charge is 0.277 e. The third-order valence-electron chi connectivity index (χ3n) is 5.16. The fraction of sp³-hybridized carbons (Fsp3) is 0.120. The van der Waals surface area contributed by atoms with E-state index in [1.165, 1.54) is 5.56 Å². The van der Waals surface area contributed by atoms with Gasteiger partial charge in [0.2, 0.25) is 0 Å². The largest absolute Gasteiger partial charge is 0.481 e. The van der Waals surface area contributed by atoms with Gasteiger partial charge in [-0.1, -0.05) is 64.5 Å². The highest BCUT2D eigenvalue weighted by Gasteiger charge is 2.13. The van der Waals surface area contributed by atoms with Crippen LogP contribution in [0.25, 0.3) is 10.9 Å². The Hall–Kier alpha value is -2.42. The highest BCUT2D eigenvalue weighted by Crippen LogP contribution is 2.36. The third-order valence-corrected chi connectivity index (χ3v) is 6.79. The van der Waals surface area contributed by atoms with Gasteiger partial charge in [-0.25, -0.2) is 5.43 Å². The Bertz CT molecular complexity index is 1310. The average Bonchev–Trinajstić information content (AvgIpc) is 3.05. The zero-order valence-electron chi connectivity index (χ0n) is 17.7. The maximum Gasteiger partial charge on any atom is 0.277 e. The van der Waals surface area contributed by atoms with Crippen LogP contribution in [0.4, 0.5) is 0 Å². The van der Waals surface area contributed by atoms with Gasteiger partial charge in [0.25, 0.3) is 5.91 Å². The van der Waals surface area contributed by atoms with Gasteiger partial charge in [-0.3, -0.25) is 4.79 Å². The van der Waals surface area contributed by atoms with Crippen LogP contribution in [0, 0.1) is 6.92 Å². The summed E-state index contributed by atoms with van der Waals surface area (Å²) in [4.78, 5) is 12.3. The summed E-state index contributed by atoms with van der Waals surface area (Å²) in [6, 6.07) is 22.2. The van der Waals surface area contributed by atoms with Crippen LogP contribution < -0.4 is 10.2 Å². The summed E-state index contributed by atoms with van der Waals surface area (Å²) >= 11 is 10.3. The molecule has 0 bridgehead atoms. The number of nitrogens with zero attached hydrogens (tertiary/aromatic N) is 2. The number of benzene rings is 3. The number of amides is 1. The number of hydrogen-bond acceptors (Lipinski definition) is 3. The number of carbonyl (C=O) groups is 1. The van der Waals surface area contributed by atoms with E-state index in [-0.39, 0.29) is 12.5 Å².